The average molecular weight is 357 g/mol. The van der Waals surface area contributed by atoms with Gasteiger partial charge in [-0.05, 0) is 39.9 Å². The van der Waals surface area contributed by atoms with Crippen LogP contribution in [0, 0.1) is 28.5 Å². The molecule has 1 rings (SSSR count). The van der Waals surface area contributed by atoms with E-state index < -0.39 is 17.7 Å². The van der Waals surface area contributed by atoms with Gasteiger partial charge in [0, 0.05) is 6.54 Å². The van der Waals surface area contributed by atoms with E-state index >= 15 is 0 Å². The number of carboxylic acid groups (broad SMARTS) is 1. The third kappa shape index (κ3) is 5.01. The van der Waals surface area contributed by atoms with Crippen LogP contribution in [-0.2, 0) is 4.79 Å². The molecule has 0 radical (unpaired) electrons. The van der Waals surface area contributed by atoms with E-state index in [4.69, 9.17) is 5.26 Å². The molecule has 0 saturated heterocycles. The van der Waals surface area contributed by atoms with Crippen molar-refractivity contribution in [2.24, 2.45) is 11.3 Å². The Kier molecular flexibility index (Phi) is 5.73. The largest absolute Gasteiger partial charge is 0.481 e. The fourth-order valence-corrected chi connectivity index (χ4v) is 2.43. The lowest BCUT2D eigenvalue weighted by atomic mass is 9.84. The maximum atomic E-state index is 14.0. The lowest BCUT2D eigenvalue weighted by Crippen LogP contribution is -2.27. The molecule has 0 aliphatic rings. The summed E-state index contributed by atoms with van der Waals surface area (Å²) in [7, 11) is 0. The zero-order valence-corrected chi connectivity index (χ0v) is 13.8. The van der Waals surface area contributed by atoms with Crippen LogP contribution < -0.4 is 5.32 Å². The Hall–Kier alpha value is -1.61. The molecule has 1 atom stereocenters. The Labute approximate surface area is 132 Å². The topological polar surface area (TPSA) is 73.1 Å². The number of halogens is 2. The first-order valence-corrected chi connectivity index (χ1v) is 7.30. The second-order valence-electron chi connectivity index (χ2n) is 6.08. The van der Waals surface area contributed by atoms with E-state index in [1.165, 1.54) is 12.1 Å². The van der Waals surface area contributed by atoms with Gasteiger partial charge in [0.1, 0.15) is 6.07 Å². The maximum absolute atomic E-state index is 14.0. The highest BCUT2D eigenvalue weighted by Crippen LogP contribution is 2.28. The molecule has 1 unspecified atom stereocenters. The molecule has 0 amide bonds. The van der Waals surface area contributed by atoms with E-state index in [1.807, 2.05) is 26.8 Å². The van der Waals surface area contributed by atoms with Crippen molar-refractivity contribution >= 4 is 27.6 Å². The van der Waals surface area contributed by atoms with E-state index in [0.29, 0.717) is 6.42 Å². The third-order valence-electron chi connectivity index (χ3n) is 2.95. The van der Waals surface area contributed by atoms with E-state index in [1.54, 1.807) is 0 Å². The van der Waals surface area contributed by atoms with Crippen LogP contribution in [0.4, 0.5) is 10.1 Å². The summed E-state index contributed by atoms with van der Waals surface area (Å²) >= 11 is 3.02. The number of hydrogen-bond donors (Lipinski definition) is 2. The van der Waals surface area contributed by atoms with E-state index in [2.05, 4.69) is 21.2 Å². The van der Waals surface area contributed by atoms with Crippen molar-refractivity contribution in [3.63, 3.8) is 0 Å². The summed E-state index contributed by atoms with van der Waals surface area (Å²) in [5, 5.41) is 20.9. The summed E-state index contributed by atoms with van der Waals surface area (Å²) in [6.07, 6.45) is 0.481. The minimum absolute atomic E-state index is 0.0812. The highest BCUT2D eigenvalue weighted by molar-refractivity contribution is 9.10. The van der Waals surface area contributed by atoms with Gasteiger partial charge in [0.05, 0.1) is 21.6 Å². The van der Waals surface area contributed by atoms with Crippen LogP contribution in [0.2, 0.25) is 0 Å². The number of carboxylic acids is 1. The lowest BCUT2D eigenvalue weighted by Gasteiger charge is -2.24. The molecule has 2 N–H and O–H groups in total. The smallest absolute Gasteiger partial charge is 0.308 e. The van der Waals surface area contributed by atoms with Crippen LogP contribution in [0.15, 0.2) is 16.6 Å². The number of nitrogens with one attached hydrogen (secondary N) is 1. The number of nitrogens with zero attached hydrogens (tertiary/aromatic N) is 1. The Morgan fingerprint density at radius 2 is 2.14 bits per heavy atom. The van der Waals surface area contributed by atoms with Crippen LogP contribution in [0.3, 0.4) is 0 Å². The summed E-state index contributed by atoms with van der Waals surface area (Å²) in [6.45, 7) is 6.01. The van der Waals surface area contributed by atoms with Crippen molar-refractivity contribution in [1.82, 2.24) is 0 Å². The second-order valence-corrected chi connectivity index (χ2v) is 6.87. The highest BCUT2D eigenvalue weighted by Gasteiger charge is 2.24. The summed E-state index contributed by atoms with van der Waals surface area (Å²) in [5.74, 6) is -2.11. The van der Waals surface area contributed by atoms with Crippen molar-refractivity contribution in [3.05, 3.63) is 28.0 Å². The van der Waals surface area contributed by atoms with E-state index in [9.17, 15) is 14.3 Å². The maximum Gasteiger partial charge on any atom is 0.308 e. The van der Waals surface area contributed by atoms with Crippen molar-refractivity contribution in [2.75, 3.05) is 11.9 Å². The molecule has 0 aromatic heterocycles. The van der Waals surface area contributed by atoms with Crippen molar-refractivity contribution in [1.29, 1.82) is 5.26 Å². The van der Waals surface area contributed by atoms with Gasteiger partial charge < -0.3 is 10.4 Å². The van der Waals surface area contributed by atoms with Crippen LogP contribution in [-0.4, -0.2) is 17.6 Å². The second kappa shape index (κ2) is 6.90. The van der Waals surface area contributed by atoms with Crippen molar-refractivity contribution in [2.45, 2.75) is 27.2 Å². The lowest BCUT2D eigenvalue weighted by molar-refractivity contribution is -0.142. The highest BCUT2D eigenvalue weighted by atomic mass is 79.9. The predicted molar refractivity (Wildman–Crippen MR) is 82.5 cm³/mol. The van der Waals surface area contributed by atoms with Gasteiger partial charge >= 0.3 is 5.97 Å². The Morgan fingerprint density at radius 3 is 2.62 bits per heavy atom. The number of nitriles is 1. The van der Waals surface area contributed by atoms with Gasteiger partial charge in [-0.3, -0.25) is 4.79 Å². The minimum atomic E-state index is -0.912. The monoisotopic (exact) mass is 356 g/mol. The molecule has 4 nitrogen and oxygen atoms in total. The standard InChI is InChI=1S/C15H18BrFN2O2/c1-15(2,3)6-10(14(20)21)8-19-11-5-4-9(7-18)12(16)13(11)17/h4-5,10,19H,6,8H2,1-3H3,(H,20,21). The molecule has 6 heteroatoms. The minimum Gasteiger partial charge on any atom is -0.481 e. The summed E-state index contributed by atoms with van der Waals surface area (Å²) < 4.78 is 14.1. The van der Waals surface area contributed by atoms with Crippen LogP contribution in [0.5, 0.6) is 0 Å². The molecule has 0 saturated carbocycles. The third-order valence-corrected chi connectivity index (χ3v) is 3.72. The summed E-state index contributed by atoms with van der Waals surface area (Å²) in [5.41, 5.74) is 0.248. The van der Waals surface area contributed by atoms with Gasteiger partial charge in [-0.1, -0.05) is 20.8 Å². The first-order chi connectivity index (χ1) is 9.65. The molecule has 1 aromatic carbocycles. The first kappa shape index (κ1) is 17.4. The molecule has 0 spiro atoms. The molecular weight excluding hydrogens is 339 g/mol. The zero-order valence-electron chi connectivity index (χ0n) is 12.2. The van der Waals surface area contributed by atoms with Crippen LogP contribution >= 0.6 is 15.9 Å². The van der Waals surface area contributed by atoms with Crippen molar-refractivity contribution < 1.29 is 14.3 Å². The van der Waals surface area contributed by atoms with Gasteiger partial charge in [-0.2, -0.15) is 5.26 Å². The number of hydrogen-bond acceptors (Lipinski definition) is 3. The number of rotatable bonds is 5. The summed E-state index contributed by atoms with van der Waals surface area (Å²) in [6, 6.07) is 4.79. The number of carbonyl (C=O) groups is 1. The van der Waals surface area contributed by atoms with Gasteiger partial charge in [0.25, 0.3) is 0 Å². The number of benzene rings is 1. The molecule has 0 fully saturated rings. The molecular formula is C15H18BrFN2O2. The zero-order chi connectivity index (χ0) is 16.2. The Morgan fingerprint density at radius 1 is 1.52 bits per heavy atom. The quantitative estimate of drug-likeness (QED) is 0.835. The molecule has 1 aromatic rings. The molecule has 0 aliphatic carbocycles. The molecule has 0 bridgehead atoms. The van der Waals surface area contributed by atoms with E-state index in [-0.39, 0.29) is 27.7 Å². The summed E-state index contributed by atoms with van der Waals surface area (Å²) in [4.78, 5) is 11.3. The fourth-order valence-electron chi connectivity index (χ4n) is 1.99. The molecule has 0 aliphatic heterocycles. The SMILES string of the molecule is CC(C)(C)CC(CNc1ccc(C#N)c(Br)c1F)C(=O)O. The molecule has 114 valence electrons. The van der Waals surface area contributed by atoms with Gasteiger partial charge in [0.15, 0.2) is 5.82 Å². The van der Waals surface area contributed by atoms with E-state index in [0.717, 1.165) is 0 Å². The number of anilines is 1. The predicted octanol–water partition coefficient (Wildman–Crippen LogP) is 4.01. The fraction of sp³-hybridized carbons (Fsp3) is 0.467. The number of aliphatic carboxylic acids is 1. The Balaban J connectivity index is 2.85. The van der Waals surface area contributed by atoms with Gasteiger partial charge in [-0.25, -0.2) is 4.39 Å². The van der Waals surface area contributed by atoms with Crippen molar-refractivity contribution in [3.8, 4) is 6.07 Å². The van der Waals surface area contributed by atoms with Crippen LogP contribution in [0.1, 0.15) is 32.8 Å². The molecule has 0 heterocycles. The van der Waals surface area contributed by atoms with Gasteiger partial charge in [0.2, 0.25) is 0 Å². The first-order valence-electron chi connectivity index (χ1n) is 6.50. The van der Waals surface area contributed by atoms with Gasteiger partial charge in [-0.15, -0.1) is 0 Å². The Bertz CT molecular complexity index is 576. The molecule has 21 heavy (non-hydrogen) atoms. The normalized spacial score (nSPS) is 12.6. The average Bonchev–Trinajstić information content (AvgIpc) is 2.37. The van der Waals surface area contributed by atoms with Crippen LogP contribution in [0.25, 0.3) is 0 Å².